The number of alkyl halides is 7. The molecule has 0 unspecified atom stereocenters. The first-order valence-electron chi connectivity index (χ1n) is 12.3. The maximum atomic E-state index is 14.9. The van der Waals surface area contributed by atoms with Crippen LogP contribution in [0.15, 0.2) is 79.0 Å². The molecule has 0 aliphatic rings. The highest BCUT2D eigenvalue weighted by atomic mass is 35.5. The normalized spacial score (nSPS) is 13.4. The van der Waals surface area contributed by atoms with Crippen molar-refractivity contribution in [3.8, 4) is 5.75 Å². The molecule has 0 saturated heterocycles. The first-order valence-corrected chi connectivity index (χ1v) is 12.7. The van der Waals surface area contributed by atoms with Gasteiger partial charge in [-0.15, -0.1) is 0 Å². The predicted octanol–water partition coefficient (Wildman–Crippen LogP) is 6.98. The number of hydrogen-bond acceptors (Lipinski definition) is 3. The Labute approximate surface area is 250 Å². The number of nitrogens with zero attached hydrogens (tertiary/aromatic N) is 1. The molecule has 0 saturated carbocycles. The SMILES string of the molecule is [B]c1ccc(C[C@](NC(=O)c2ccc(F)c(C(F)(F)F)c2)(c2cc(F)cc(OC(F)(F)C(F)F)c2)c2ccc(Cl)cn2)cc1. The number of pyridine rings is 1. The van der Waals surface area contributed by atoms with Crippen LogP contribution in [-0.4, -0.2) is 31.3 Å². The number of amides is 1. The highest BCUT2D eigenvalue weighted by Crippen LogP contribution is 2.38. The molecule has 1 aromatic heterocycles. The Morgan fingerprint density at radius 1 is 0.932 bits per heavy atom. The third kappa shape index (κ3) is 7.29. The molecule has 1 heterocycles. The summed E-state index contributed by atoms with van der Waals surface area (Å²) in [5.74, 6) is -5.26. The van der Waals surface area contributed by atoms with Crippen LogP contribution in [-0.2, 0) is 18.1 Å². The molecular formula is C29H17BClF9N2O2. The highest BCUT2D eigenvalue weighted by molar-refractivity contribution is 6.32. The fraction of sp³-hybridized carbons (Fsp3) is 0.172. The zero-order chi connectivity index (χ0) is 32.4. The summed E-state index contributed by atoms with van der Waals surface area (Å²) in [6.07, 6.45) is -13.8. The van der Waals surface area contributed by atoms with Crippen LogP contribution < -0.4 is 15.5 Å². The second-order valence-corrected chi connectivity index (χ2v) is 9.91. The van der Waals surface area contributed by atoms with Crippen LogP contribution >= 0.6 is 11.6 Å². The summed E-state index contributed by atoms with van der Waals surface area (Å²) in [4.78, 5) is 17.8. The Morgan fingerprint density at radius 2 is 1.61 bits per heavy atom. The lowest BCUT2D eigenvalue weighted by molar-refractivity contribution is -0.253. The number of ether oxygens (including phenoxy) is 1. The maximum absolute atomic E-state index is 14.9. The van der Waals surface area contributed by atoms with Crippen molar-refractivity contribution in [2.75, 3.05) is 0 Å². The van der Waals surface area contributed by atoms with Gasteiger partial charge in [-0.05, 0) is 53.6 Å². The van der Waals surface area contributed by atoms with Crippen LogP contribution in [0.25, 0.3) is 0 Å². The van der Waals surface area contributed by atoms with E-state index in [0.29, 0.717) is 23.2 Å². The minimum atomic E-state index is -5.18. The zero-order valence-corrected chi connectivity index (χ0v) is 22.7. The quantitative estimate of drug-likeness (QED) is 0.158. The minimum Gasteiger partial charge on any atom is -0.428 e. The summed E-state index contributed by atoms with van der Waals surface area (Å²) >= 11 is 5.97. The van der Waals surface area contributed by atoms with E-state index < -0.39 is 64.2 Å². The van der Waals surface area contributed by atoms with Crippen molar-refractivity contribution < 1.29 is 49.0 Å². The van der Waals surface area contributed by atoms with Crippen molar-refractivity contribution in [1.29, 1.82) is 0 Å². The van der Waals surface area contributed by atoms with E-state index in [9.17, 15) is 44.3 Å². The number of carbonyl (C=O) groups is 1. The maximum Gasteiger partial charge on any atom is 0.461 e. The van der Waals surface area contributed by atoms with E-state index in [-0.39, 0.29) is 23.2 Å². The molecular weight excluding hydrogens is 626 g/mol. The lowest BCUT2D eigenvalue weighted by Crippen LogP contribution is -2.49. The summed E-state index contributed by atoms with van der Waals surface area (Å²) in [5, 5.41) is 2.57. The number of hydrogen-bond donors (Lipinski definition) is 1. The largest absolute Gasteiger partial charge is 0.461 e. The molecule has 15 heteroatoms. The first-order chi connectivity index (χ1) is 20.5. The van der Waals surface area contributed by atoms with Crippen LogP contribution in [0, 0.1) is 11.6 Å². The molecule has 1 amide bonds. The van der Waals surface area contributed by atoms with Crippen LogP contribution in [0.5, 0.6) is 5.75 Å². The van der Waals surface area contributed by atoms with Crippen LogP contribution in [0.2, 0.25) is 5.02 Å². The Morgan fingerprint density at radius 3 is 2.20 bits per heavy atom. The van der Waals surface area contributed by atoms with E-state index in [0.717, 1.165) is 24.4 Å². The lowest BCUT2D eigenvalue weighted by Gasteiger charge is -2.36. The van der Waals surface area contributed by atoms with Crippen LogP contribution in [0.1, 0.15) is 32.7 Å². The Kier molecular flexibility index (Phi) is 9.24. The standard InChI is InChI=1S/C29H17BClF9N2O2/c30-18-4-1-15(2-5-18)13-27(24-8-6-19(31)14-41-24,17-10-20(32)12-21(11-17)44-29(39,40)26(34)35)42-25(43)16-3-7-23(33)22(9-16)28(36,37)38/h1-12,14,26H,13H2,(H,42,43)/t27-/m0/s1. The molecule has 228 valence electrons. The van der Waals surface area contributed by atoms with E-state index in [2.05, 4.69) is 15.0 Å². The predicted molar refractivity (Wildman–Crippen MR) is 142 cm³/mol. The number of halogens is 10. The molecule has 1 atom stereocenters. The fourth-order valence-corrected chi connectivity index (χ4v) is 4.42. The topological polar surface area (TPSA) is 51.2 Å². The second-order valence-electron chi connectivity index (χ2n) is 9.47. The molecule has 0 aliphatic carbocycles. The van der Waals surface area contributed by atoms with E-state index in [1.54, 1.807) is 0 Å². The zero-order valence-electron chi connectivity index (χ0n) is 21.9. The molecule has 4 aromatic rings. The van der Waals surface area contributed by atoms with E-state index in [1.165, 1.54) is 36.4 Å². The van der Waals surface area contributed by atoms with Crippen LogP contribution in [0.4, 0.5) is 39.5 Å². The van der Waals surface area contributed by atoms with Gasteiger partial charge in [-0.3, -0.25) is 9.78 Å². The van der Waals surface area contributed by atoms with Gasteiger partial charge in [-0.25, -0.2) is 8.78 Å². The number of rotatable bonds is 9. The Hall–Kier alpha value is -4.20. The van der Waals surface area contributed by atoms with Gasteiger partial charge >= 0.3 is 18.7 Å². The minimum absolute atomic E-state index is 0.0923. The fourth-order valence-electron chi connectivity index (χ4n) is 4.31. The van der Waals surface area contributed by atoms with Crippen molar-refractivity contribution in [3.63, 3.8) is 0 Å². The molecule has 0 bridgehead atoms. The smallest absolute Gasteiger partial charge is 0.428 e. The molecule has 44 heavy (non-hydrogen) atoms. The van der Waals surface area contributed by atoms with E-state index in [4.69, 9.17) is 19.4 Å². The average molecular weight is 643 g/mol. The lowest BCUT2D eigenvalue weighted by atomic mass is 9.79. The van der Waals surface area contributed by atoms with Gasteiger partial charge in [-0.2, -0.15) is 30.7 Å². The molecule has 3 aromatic carbocycles. The van der Waals surface area contributed by atoms with Crippen LogP contribution in [0.3, 0.4) is 0 Å². The van der Waals surface area contributed by atoms with Crippen molar-refractivity contribution in [2.24, 2.45) is 0 Å². The summed E-state index contributed by atoms with van der Waals surface area (Å²) in [5.41, 5.74) is -4.42. The van der Waals surface area contributed by atoms with Crippen molar-refractivity contribution >= 4 is 30.8 Å². The molecule has 2 radical (unpaired) electrons. The summed E-state index contributed by atoms with van der Waals surface area (Å²) in [6.45, 7) is 0. The van der Waals surface area contributed by atoms with Gasteiger partial charge in [0.1, 0.15) is 30.8 Å². The Bertz CT molecular complexity index is 1650. The van der Waals surface area contributed by atoms with Gasteiger partial charge in [0.15, 0.2) is 0 Å². The van der Waals surface area contributed by atoms with Gasteiger partial charge in [-0.1, -0.05) is 41.3 Å². The number of aromatic nitrogens is 1. The second kappa shape index (κ2) is 12.4. The third-order valence-corrected chi connectivity index (χ3v) is 6.57. The molecule has 0 aliphatic heterocycles. The van der Waals surface area contributed by atoms with Gasteiger partial charge in [0.2, 0.25) is 0 Å². The van der Waals surface area contributed by atoms with Gasteiger partial charge < -0.3 is 10.1 Å². The summed E-state index contributed by atoms with van der Waals surface area (Å²) in [6, 6.07) is 11.7. The van der Waals surface area contributed by atoms with Crippen molar-refractivity contribution in [2.45, 2.75) is 30.7 Å². The molecule has 4 rings (SSSR count). The van der Waals surface area contributed by atoms with Gasteiger partial charge in [0.25, 0.3) is 5.91 Å². The molecule has 1 N–H and O–H groups in total. The molecule has 4 nitrogen and oxygen atoms in total. The van der Waals surface area contributed by atoms with Crippen molar-refractivity contribution in [3.05, 3.63) is 124 Å². The van der Waals surface area contributed by atoms with Gasteiger partial charge in [0.05, 0.1) is 16.3 Å². The summed E-state index contributed by atoms with van der Waals surface area (Å²) in [7, 11) is 5.75. The van der Waals surface area contributed by atoms with Crippen molar-refractivity contribution in [1.82, 2.24) is 10.3 Å². The van der Waals surface area contributed by atoms with E-state index in [1.807, 2.05) is 0 Å². The summed E-state index contributed by atoms with van der Waals surface area (Å²) < 4.78 is 127. The number of benzene rings is 3. The van der Waals surface area contributed by atoms with E-state index >= 15 is 0 Å². The third-order valence-electron chi connectivity index (χ3n) is 6.35. The number of nitrogens with one attached hydrogen (secondary N) is 1. The molecule has 0 spiro atoms. The number of carbonyl (C=O) groups excluding carboxylic acids is 1. The Balaban J connectivity index is 1.96. The monoisotopic (exact) mass is 642 g/mol. The average Bonchev–Trinajstić information content (AvgIpc) is 2.93. The highest BCUT2D eigenvalue weighted by Gasteiger charge is 2.45. The molecule has 0 fully saturated rings. The first kappa shape index (κ1) is 32.7. The van der Waals surface area contributed by atoms with Gasteiger partial charge in [0, 0.05) is 24.2 Å².